The molecule has 0 saturated heterocycles. The molecule has 0 aromatic heterocycles. The number of primary amides is 1. The van der Waals surface area contributed by atoms with Crippen molar-refractivity contribution in [2.45, 2.75) is 6.92 Å². The second-order valence-corrected chi connectivity index (χ2v) is 3.33. The van der Waals surface area contributed by atoms with Gasteiger partial charge < -0.3 is 21.5 Å². The van der Waals surface area contributed by atoms with E-state index in [9.17, 15) is 9.59 Å². The van der Waals surface area contributed by atoms with E-state index in [4.69, 9.17) is 16.2 Å². The molecule has 5 N–H and O–H groups in total. The fourth-order valence-corrected chi connectivity index (χ4v) is 1.25. The summed E-state index contributed by atoms with van der Waals surface area (Å²) in [4.78, 5) is 22.1. The van der Waals surface area contributed by atoms with E-state index in [2.05, 4.69) is 5.32 Å². The van der Waals surface area contributed by atoms with Crippen LogP contribution >= 0.6 is 0 Å². The Morgan fingerprint density at radius 2 is 2.12 bits per heavy atom. The molecule has 6 nitrogen and oxygen atoms in total. The maximum absolute atomic E-state index is 11.6. The molecule has 0 spiro atoms. The van der Waals surface area contributed by atoms with Gasteiger partial charge in [0.2, 0.25) is 5.91 Å². The average molecular weight is 237 g/mol. The molecule has 0 radical (unpaired) electrons. The molecule has 1 rings (SSSR count). The van der Waals surface area contributed by atoms with Crippen molar-refractivity contribution >= 4 is 17.5 Å². The van der Waals surface area contributed by atoms with E-state index >= 15 is 0 Å². The summed E-state index contributed by atoms with van der Waals surface area (Å²) < 4.78 is 5.24. The van der Waals surface area contributed by atoms with Crippen molar-refractivity contribution < 1.29 is 14.3 Å². The second kappa shape index (κ2) is 5.74. The van der Waals surface area contributed by atoms with Gasteiger partial charge in [0.25, 0.3) is 5.91 Å². The van der Waals surface area contributed by atoms with Crippen LogP contribution in [0.3, 0.4) is 0 Å². The van der Waals surface area contributed by atoms with E-state index in [0.29, 0.717) is 23.6 Å². The van der Waals surface area contributed by atoms with Gasteiger partial charge in [0, 0.05) is 5.56 Å². The number of rotatable bonds is 5. The Balaban J connectivity index is 2.75. The van der Waals surface area contributed by atoms with Gasteiger partial charge in [-0.15, -0.1) is 0 Å². The van der Waals surface area contributed by atoms with E-state index < -0.39 is 11.8 Å². The number of carbonyl (C=O) groups is 2. The summed E-state index contributed by atoms with van der Waals surface area (Å²) in [5, 5.41) is 2.37. The van der Waals surface area contributed by atoms with Gasteiger partial charge in [0.05, 0.1) is 18.8 Å². The normalized spacial score (nSPS) is 9.71. The Bertz CT molecular complexity index is 432. The zero-order chi connectivity index (χ0) is 12.8. The van der Waals surface area contributed by atoms with Crippen LogP contribution in [0.25, 0.3) is 0 Å². The third kappa shape index (κ3) is 3.67. The van der Waals surface area contributed by atoms with Crippen LogP contribution < -0.4 is 21.5 Å². The number of hydrogen-bond acceptors (Lipinski definition) is 4. The van der Waals surface area contributed by atoms with Crippen molar-refractivity contribution in [1.82, 2.24) is 5.32 Å². The Morgan fingerprint density at radius 1 is 1.41 bits per heavy atom. The average Bonchev–Trinajstić information content (AvgIpc) is 2.28. The number of nitrogens with one attached hydrogen (secondary N) is 1. The van der Waals surface area contributed by atoms with Crippen molar-refractivity contribution in [1.29, 1.82) is 0 Å². The minimum absolute atomic E-state index is 0.202. The number of amides is 2. The molecule has 0 aliphatic carbocycles. The number of benzene rings is 1. The zero-order valence-electron chi connectivity index (χ0n) is 9.53. The number of carbonyl (C=O) groups excluding carboxylic acids is 2. The zero-order valence-corrected chi connectivity index (χ0v) is 9.53. The molecule has 2 amide bonds. The maximum Gasteiger partial charge on any atom is 0.251 e. The number of anilines is 1. The molecule has 92 valence electrons. The monoisotopic (exact) mass is 237 g/mol. The van der Waals surface area contributed by atoms with Gasteiger partial charge in [-0.1, -0.05) is 0 Å². The van der Waals surface area contributed by atoms with Gasteiger partial charge in [-0.2, -0.15) is 0 Å². The summed E-state index contributed by atoms with van der Waals surface area (Å²) in [6.07, 6.45) is 0. The second-order valence-electron chi connectivity index (χ2n) is 3.33. The summed E-state index contributed by atoms with van der Waals surface area (Å²) in [7, 11) is 0. The lowest BCUT2D eigenvalue weighted by Crippen LogP contribution is -2.33. The topological polar surface area (TPSA) is 107 Å². The number of hydrogen-bond donors (Lipinski definition) is 3. The molecule has 0 fully saturated rings. The first-order valence-corrected chi connectivity index (χ1v) is 5.13. The smallest absolute Gasteiger partial charge is 0.251 e. The van der Waals surface area contributed by atoms with Gasteiger partial charge in [0.15, 0.2) is 0 Å². The molecule has 6 heteroatoms. The highest BCUT2D eigenvalue weighted by atomic mass is 16.5. The summed E-state index contributed by atoms with van der Waals surface area (Å²) >= 11 is 0. The maximum atomic E-state index is 11.6. The molecule has 1 aromatic carbocycles. The molecule has 0 saturated carbocycles. The fourth-order valence-electron chi connectivity index (χ4n) is 1.25. The molecule has 0 atom stereocenters. The van der Waals surface area contributed by atoms with Crippen molar-refractivity contribution in [2.24, 2.45) is 5.73 Å². The van der Waals surface area contributed by atoms with Crippen LogP contribution in [0, 0.1) is 0 Å². The van der Waals surface area contributed by atoms with Crippen LogP contribution in [0.2, 0.25) is 0 Å². The number of ether oxygens (including phenoxy) is 1. The molecular weight excluding hydrogens is 222 g/mol. The molecule has 0 bridgehead atoms. The SMILES string of the molecule is CCOc1ccc(C(=O)NCC(N)=O)cc1N. The van der Waals surface area contributed by atoms with Crippen LogP contribution in [-0.4, -0.2) is 25.0 Å². The number of nitrogens with two attached hydrogens (primary N) is 2. The largest absolute Gasteiger partial charge is 0.492 e. The van der Waals surface area contributed by atoms with Crippen LogP contribution in [0.15, 0.2) is 18.2 Å². The summed E-state index contributed by atoms with van der Waals surface area (Å²) in [6, 6.07) is 4.66. The van der Waals surface area contributed by atoms with Gasteiger partial charge in [0.1, 0.15) is 5.75 Å². The van der Waals surface area contributed by atoms with Crippen LogP contribution in [0.5, 0.6) is 5.75 Å². The highest BCUT2D eigenvalue weighted by Crippen LogP contribution is 2.22. The fraction of sp³-hybridized carbons (Fsp3) is 0.273. The van der Waals surface area contributed by atoms with Crippen LogP contribution in [0.4, 0.5) is 5.69 Å². The van der Waals surface area contributed by atoms with E-state index in [0.717, 1.165) is 0 Å². The quantitative estimate of drug-likeness (QED) is 0.620. The van der Waals surface area contributed by atoms with Crippen molar-refractivity contribution in [2.75, 3.05) is 18.9 Å². The Hall–Kier alpha value is -2.24. The third-order valence-corrected chi connectivity index (χ3v) is 1.99. The minimum Gasteiger partial charge on any atom is -0.492 e. The van der Waals surface area contributed by atoms with E-state index in [1.165, 1.54) is 6.07 Å². The van der Waals surface area contributed by atoms with Crippen LogP contribution in [0.1, 0.15) is 17.3 Å². The highest BCUT2D eigenvalue weighted by molar-refractivity contribution is 5.97. The molecule has 0 heterocycles. The van der Waals surface area contributed by atoms with Gasteiger partial charge in [-0.25, -0.2) is 0 Å². The lowest BCUT2D eigenvalue weighted by Gasteiger charge is -2.08. The van der Waals surface area contributed by atoms with E-state index in [1.54, 1.807) is 12.1 Å². The first kappa shape index (κ1) is 12.8. The summed E-state index contributed by atoms with van der Waals surface area (Å²) in [6.45, 7) is 2.14. The van der Waals surface area contributed by atoms with E-state index in [1.807, 2.05) is 6.92 Å². The predicted octanol–water partition coefficient (Wildman–Crippen LogP) is -0.117. The standard InChI is InChI=1S/C11H15N3O3/c1-2-17-9-4-3-7(5-8(9)12)11(16)14-6-10(13)15/h3-5H,2,6,12H2,1H3,(H2,13,15)(H,14,16). The molecule has 0 aliphatic heterocycles. The molecule has 17 heavy (non-hydrogen) atoms. The molecule has 0 aliphatic rings. The summed E-state index contributed by atoms with van der Waals surface area (Å²) in [5.74, 6) is -0.477. The first-order chi connectivity index (χ1) is 8.04. The highest BCUT2D eigenvalue weighted by Gasteiger charge is 2.09. The molecule has 1 aromatic rings. The summed E-state index contributed by atoms with van der Waals surface area (Å²) in [5.41, 5.74) is 11.3. The predicted molar refractivity (Wildman–Crippen MR) is 63.6 cm³/mol. The Kier molecular flexibility index (Phi) is 4.33. The van der Waals surface area contributed by atoms with Crippen molar-refractivity contribution in [3.8, 4) is 5.75 Å². The molecule has 0 unspecified atom stereocenters. The van der Waals surface area contributed by atoms with Gasteiger partial charge >= 0.3 is 0 Å². The Morgan fingerprint density at radius 3 is 2.65 bits per heavy atom. The Labute approximate surface area is 98.9 Å². The van der Waals surface area contributed by atoms with E-state index in [-0.39, 0.29) is 6.54 Å². The third-order valence-electron chi connectivity index (χ3n) is 1.99. The van der Waals surface area contributed by atoms with Gasteiger partial charge in [-0.3, -0.25) is 9.59 Å². The van der Waals surface area contributed by atoms with Crippen molar-refractivity contribution in [3.63, 3.8) is 0 Å². The molecular formula is C11H15N3O3. The first-order valence-electron chi connectivity index (χ1n) is 5.13. The lowest BCUT2D eigenvalue weighted by molar-refractivity contribution is -0.117. The van der Waals surface area contributed by atoms with Crippen LogP contribution in [-0.2, 0) is 4.79 Å². The minimum atomic E-state index is -0.600. The number of nitrogen functional groups attached to an aromatic ring is 1. The lowest BCUT2D eigenvalue weighted by atomic mass is 10.1. The van der Waals surface area contributed by atoms with Gasteiger partial charge in [-0.05, 0) is 25.1 Å². The van der Waals surface area contributed by atoms with Crippen molar-refractivity contribution in [3.05, 3.63) is 23.8 Å².